The summed E-state index contributed by atoms with van der Waals surface area (Å²) in [5, 5.41) is 3.10. The van der Waals surface area contributed by atoms with Crippen molar-refractivity contribution in [1.29, 1.82) is 0 Å². The molecule has 1 fully saturated rings. The first-order chi connectivity index (χ1) is 13.6. The summed E-state index contributed by atoms with van der Waals surface area (Å²) in [6.07, 6.45) is -2.55. The molecule has 2 heterocycles. The van der Waals surface area contributed by atoms with Crippen molar-refractivity contribution in [3.05, 3.63) is 53.2 Å². The van der Waals surface area contributed by atoms with Crippen LogP contribution in [0.1, 0.15) is 18.4 Å². The lowest BCUT2D eigenvalue weighted by Gasteiger charge is -2.30. The molecule has 1 N–H and O–H groups in total. The van der Waals surface area contributed by atoms with E-state index < -0.39 is 27.7 Å². The summed E-state index contributed by atoms with van der Waals surface area (Å²) in [5.74, 6) is -0.322. The summed E-state index contributed by atoms with van der Waals surface area (Å²) in [6.45, 7) is 0.185. The van der Waals surface area contributed by atoms with Crippen molar-refractivity contribution < 1.29 is 26.4 Å². The van der Waals surface area contributed by atoms with E-state index in [1.54, 1.807) is 12.1 Å². The zero-order valence-corrected chi connectivity index (χ0v) is 16.6. The van der Waals surface area contributed by atoms with Crippen LogP contribution < -0.4 is 5.32 Å². The number of anilines is 1. The quantitative estimate of drug-likeness (QED) is 0.773. The van der Waals surface area contributed by atoms with E-state index in [1.165, 1.54) is 10.5 Å². The van der Waals surface area contributed by atoms with Crippen LogP contribution in [0.4, 0.5) is 19.0 Å². The Kier molecular flexibility index (Phi) is 6.16. The maximum atomic E-state index is 12.7. The number of piperidine rings is 1. The molecule has 29 heavy (non-hydrogen) atoms. The van der Waals surface area contributed by atoms with E-state index in [9.17, 15) is 26.4 Å². The SMILES string of the molecule is O=C(Nc1ccc(Cl)cn1)C1CCN(S(=O)(=O)c2ccc(C(F)(F)F)cc2)CC1. The van der Waals surface area contributed by atoms with Crippen LogP contribution in [0.25, 0.3) is 0 Å². The molecule has 156 valence electrons. The first kappa shape index (κ1) is 21.5. The number of benzene rings is 1. The Balaban J connectivity index is 1.61. The third-order valence-electron chi connectivity index (χ3n) is 4.62. The van der Waals surface area contributed by atoms with Gasteiger partial charge in [-0.3, -0.25) is 4.79 Å². The monoisotopic (exact) mass is 447 g/mol. The predicted molar refractivity (Wildman–Crippen MR) is 101 cm³/mol. The molecule has 1 saturated heterocycles. The minimum Gasteiger partial charge on any atom is -0.310 e. The molecule has 1 aromatic heterocycles. The predicted octanol–water partition coefficient (Wildman–Crippen LogP) is 3.79. The molecule has 0 saturated carbocycles. The average Bonchev–Trinajstić information content (AvgIpc) is 2.69. The largest absolute Gasteiger partial charge is 0.416 e. The summed E-state index contributed by atoms with van der Waals surface area (Å²) >= 11 is 5.74. The number of rotatable bonds is 4. The molecule has 0 radical (unpaired) electrons. The van der Waals surface area contributed by atoms with Crippen molar-refractivity contribution in [3.8, 4) is 0 Å². The highest BCUT2D eigenvalue weighted by Gasteiger charge is 2.34. The number of nitrogens with zero attached hydrogens (tertiary/aromatic N) is 2. The summed E-state index contributed by atoms with van der Waals surface area (Å²) < 4.78 is 64.5. The van der Waals surface area contributed by atoms with E-state index in [0.717, 1.165) is 24.3 Å². The van der Waals surface area contributed by atoms with Crippen LogP contribution in [0.3, 0.4) is 0 Å². The fraction of sp³-hybridized carbons (Fsp3) is 0.333. The molecule has 0 spiro atoms. The third-order valence-corrected chi connectivity index (χ3v) is 6.76. The van der Waals surface area contributed by atoms with Crippen molar-refractivity contribution in [2.45, 2.75) is 23.9 Å². The van der Waals surface area contributed by atoms with Gasteiger partial charge in [0, 0.05) is 25.2 Å². The van der Waals surface area contributed by atoms with Crippen molar-refractivity contribution >= 4 is 33.3 Å². The lowest BCUT2D eigenvalue weighted by Crippen LogP contribution is -2.41. The van der Waals surface area contributed by atoms with Crippen LogP contribution in [0.15, 0.2) is 47.5 Å². The highest BCUT2D eigenvalue weighted by Crippen LogP contribution is 2.31. The van der Waals surface area contributed by atoms with Crippen LogP contribution in [-0.2, 0) is 21.0 Å². The summed E-state index contributed by atoms with van der Waals surface area (Å²) in [4.78, 5) is 16.1. The van der Waals surface area contributed by atoms with E-state index in [2.05, 4.69) is 10.3 Å². The first-order valence-corrected chi connectivity index (χ1v) is 10.5. The molecule has 0 unspecified atom stereocenters. The fourth-order valence-electron chi connectivity index (χ4n) is 3.00. The Hall–Kier alpha value is -2.17. The van der Waals surface area contributed by atoms with Gasteiger partial charge in [0.05, 0.1) is 15.5 Å². The first-order valence-electron chi connectivity index (χ1n) is 8.67. The Morgan fingerprint density at radius 2 is 1.72 bits per heavy atom. The van der Waals surface area contributed by atoms with Crippen LogP contribution >= 0.6 is 11.6 Å². The van der Waals surface area contributed by atoms with Gasteiger partial charge in [0.15, 0.2) is 0 Å². The van der Waals surface area contributed by atoms with Gasteiger partial charge in [0.2, 0.25) is 15.9 Å². The molecule has 1 aromatic carbocycles. The van der Waals surface area contributed by atoms with Gasteiger partial charge in [-0.1, -0.05) is 11.6 Å². The molecular weight excluding hydrogens is 431 g/mol. The minimum atomic E-state index is -4.53. The topological polar surface area (TPSA) is 79.4 Å². The second-order valence-electron chi connectivity index (χ2n) is 6.55. The number of hydrogen-bond acceptors (Lipinski definition) is 4. The van der Waals surface area contributed by atoms with E-state index in [4.69, 9.17) is 11.6 Å². The average molecular weight is 448 g/mol. The maximum absolute atomic E-state index is 12.7. The summed E-state index contributed by atoms with van der Waals surface area (Å²) in [7, 11) is -3.93. The molecule has 1 aliphatic rings. The van der Waals surface area contributed by atoms with E-state index in [1.807, 2.05) is 0 Å². The zero-order valence-electron chi connectivity index (χ0n) is 15.0. The van der Waals surface area contributed by atoms with Crippen LogP contribution in [0, 0.1) is 5.92 Å². The number of hydrogen-bond donors (Lipinski definition) is 1. The number of halogens is 4. The number of carbonyl (C=O) groups excluding carboxylic acids is 1. The molecule has 0 bridgehead atoms. The van der Waals surface area contributed by atoms with Crippen LogP contribution in [0.5, 0.6) is 0 Å². The number of alkyl halides is 3. The van der Waals surface area contributed by atoms with E-state index >= 15 is 0 Å². The molecule has 3 rings (SSSR count). The molecule has 0 aliphatic carbocycles. The van der Waals surface area contributed by atoms with Crippen molar-refractivity contribution in [3.63, 3.8) is 0 Å². The van der Waals surface area contributed by atoms with Gasteiger partial charge in [-0.2, -0.15) is 17.5 Å². The summed E-state index contributed by atoms with van der Waals surface area (Å²) in [5.41, 5.74) is -0.914. The number of nitrogens with one attached hydrogen (secondary N) is 1. The standard InChI is InChI=1S/C18H17ClF3N3O3S/c19-14-3-6-16(23-11-14)24-17(26)12-7-9-25(10-8-12)29(27,28)15-4-1-13(2-5-15)18(20,21)22/h1-6,11-12H,7-10H2,(H,23,24,26). The van der Waals surface area contributed by atoms with Crippen LogP contribution in [-0.4, -0.2) is 36.7 Å². The molecule has 6 nitrogen and oxygen atoms in total. The highest BCUT2D eigenvalue weighted by molar-refractivity contribution is 7.89. The van der Waals surface area contributed by atoms with Gasteiger partial charge in [-0.05, 0) is 49.2 Å². The number of sulfonamides is 1. The molecular formula is C18H17ClF3N3O3S. The molecule has 0 atom stereocenters. The summed E-state index contributed by atoms with van der Waals surface area (Å²) in [6, 6.07) is 6.53. The lowest BCUT2D eigenvalue weighted by molar-refractivity contribution is -0.137. The minimum absolute atomic E-state index is 0.0927. The molecule has 2 aromatic rings. The zero-order chi connectivity index (χ0) is 21.2. The lowest BCUT2D eigenvalue weighted by atomic mass is 9.97. The van der Waals surface area contributed by atoms with Gasteiger partial charge in [-0.25, -0.2) is 13.4 Å². The van der Waals surface area contributed by atoms with Crippen molar-refractivity contribution in [2.75, 3.05) is 18.4 Å². The van der Waals surface area contributed by atoms with Gasteiger partial charge < -0.3 is 5.32 Å². The Morgan fingerprint density at radius 3 is 2.24 bits per heavy atom. The Morgan fingerprint density at radius 1 is 1.10 bits per heavy atom. The van der Waals surface area contributed by atoms with Gasteiger partial charge in [-0.15, -0.1) is 0 Å². The van der Waals surface area contributed by atoms with Gasteiger partial charge in [0.25, 0.3) is 0 Å². The maximum Gasteiger partial charge on any atom is 0.416 e. The van der Waals surface area contributed by atoms with E-state index in [-0.39, 0.29) is 23.9 Å². The van der Waals surface area contributed by atoms with Crippen LogP contribution in [0.2, 0.25) is 5.02 Å². The highest BCUT2D eigenvalue weighted by atomic mass is 35.5. The fourth-order valence-corrected chi connectivity index (χ4v) is 4.58. The number of pyridine rings is 1. The van der Waals surface area contributed by atoms with Crippen molar-refractivity contribution in [2.24, 2.45) is 5.92 Å². The van der Waals surface area contributed by atoms with E-state index in [0.29, 0.717) is 23.7 Å². The Bertz CT molecular complexity index is 972. The molecule has 11 heteroatoms. The number of amides is 1. The molecule has 1 amide bonds. The van der Waals surface area contributed by atoms with Gasteiger partial charge >= 0.3 is 6.18 Å². The normalized spacial score (nSPS) is 16.6. The second kappa shape index (κ2) is 8.29. The van der Waals surface area contributed by atoms with Crippen molar-refractivity contribution in [1.82, 2.24) is 9.29 Å². The Labute approximate surface area is 170 Å². The second-order valence-corrected chi connectivity index (χ2v) is 8.93. The smallest absolute Gasteiger partial charge is 0.310 e. The number of aromatic nitrogens is 1. The molecule has 1 aliphatic heterocycles. The third kappa shape index (κ3) is 5.06. The number of carbonyl (C=O) groups is 1. The van der Waals surface area contributed by atoms with Gasteiger partial charge in [0.1, 0.15) is 5.82 Å².